The predicted molar refractivity (Wildman–Crippen MR) is 92.8 cm³/mol. The molecule has 22 heavy (non-hydrogen) atoms. The fraction of sp³-hybridized carbons (Fsp3) is 0.167. The van der Waals surface area contributed by atoms with Gasteiger partial charge < -0.3 is 16.4 Å². The van der Waals surface area contributed by atoms with Crippen LogP contribution in [0.25, 0.3) is 10.8 Å². The highest BCUT2D eigenvalue weighted by atomic mass is 14.9. The second kappa shape index (κ2) is 6.91. The minimum atomic E-state index is 0.587. The average molecular weight is 292 g/mol. The van der Waals surface area contributed by atoms with Crippen molar-refractivity contribution >= 4 is 22.3 Å². The summed E-state index contributed by atoms with van der Waals surface area (Å²) in [4.78, 5) is 4.11. The van der Waals surface area contributed by atoms with Gasteiger partial charge >= 0.3 is 0 Å². The smallest absolute Gasteiger partial charge is 0.131 e. The SMILES string of the molecule is Nc1nccc2cc(CNCCNc3ccccc3)ccc12. The minimum absolute atomic E-state index is 0.587. The summed E-state index contributed by atoms with van der Waals surface area (Å²) in [5.41, 5.74) is 8.27. The molecule has 0 bridgehead atoms. The molecule has 1 heterocycles. The van der Waals surface area contributed by atoms with Crippen LogP contribution in [0.1, 0.15) is 5.56 Å². The van der Waals surface area contributed by atoms with Crippen molar-refractivity contribution in [3.8, 4) is 0 Å². The molecule has 3 aromatic rings. The molecule has 1 aromatic heterocycles. The molecule has 0 saturated carbocycles. The monoisotopic (exact) mass is 292 g/mol. The molecule has 0 aliphatic carbocycles. The summed E-state index contributed by atoms with van der Waals surface area (Å²) in [5.74, 6) is 0.587. The maximum atomic E-state index is 5.87. The van der Waals surface area contributed by atoms with Crippen molar-refractivity contribution in [3.05, 3.63) is 66.4 Å². The molecule has 4 heteroatoms. The second-order valence-electron chi connectivity index (χ2n) is 5.22. The first-order chi connectivity index (χ1) is 10.8. The molecule has 0 fully saturated rings. The number of nitrogen functional groups attached to an aromatic ring is 1. The highest BCUT2D eigenvalue weighted by molar-refractivity contribution is 5.91. The van der Waals surface area contributed by atoms with Crippen LogP contribution in [0.2, 0.25) is 0 Å². The lowest BCUT2D eigenvalue weighted by molar-refractivity contribution is 0.707. The van der Waals surface area contributed by atoms with E-state index in [1.165, 1.54) is 5.56 Å². The van der Waals surface area contributed by atoms with E-state index in [2.05, 4.69) is 39.9 Å². The van der Waals surface area contributed by atoms with Crippen LogP contribution < -0.4 is 16.4 Å². The highest BCUT2D eigenvalue weighted by Gasteiger charge is 2.00. The molecule has 0 atom stereocenters. The van der Waals surface area contributed by atoms with Crippen LogP contribution >= 0.6 is 0 Å². The van der Waals surface area contributed by atoms with Crippen LogP contribution in [0.4, 0.5) is 11.5 Å². The summed E-state index contributed by atoms with van der Waals surface area (Å²) in [6, 6.07) is 18.5. The van der Waals surface area contributed by atoms with Crippen molar-refractivity contribution < 1.29 is 0 Å². The van der Waals surface area contributed by atoms with Crippen LogP contribution in [0.3, 0.4) is 0 Å². The average Bonchev–Trinajstić information content (AvgIpc) is 2.56. The third kappa shape index (κ3) is 3.54. The Balaban J connectivity index is 1.49. The Kier molecular flexibility index (Phi) is 4.51. The number of hydrogen-bond donors (Lipinski definition) is 3. The Hall–Kier alpha value is -2.59. The van der Waals surface area contributed by atoms with Gasteiger partial charge in [0.05, 0.1) is 0 Å². The van der Waals surface area contributed by atoms with Gasteiger partial charge in [0.2, 0.25) is 0 Å². The number of nitrogens with zero attached hydrogens (tertiary/aromatic N) is 1. The predicted octanol–water partition coefficient (Wildman–Crippen LogP) is 3.02. The zero-order chi connectivity index (χ0) is 15.2. The number of aromatic nitrogens is 1. The minimum Gasteiger partial charge on any atom is -0.384 e. The molecule has 0 spiro atoms. The van der Waals surface area contributed by atoms with E-state index in [1.807, 2.05) is 30.3 Å². The molecule has 0 unspecified atom stereocenters. The lowest BCUT2D eigenvalue weighted by atomic mass is 10.1. The normalized spacial score (nSPS) is 10.7. The van der Waals surface area contributed by atoms with E-state index in [-0.39, 0.29) is 0 Å². The third-order valence-electron chi connectivity index (χ3n) is 3.59. The molecule has 2 aromatic carbocycles. The van der Waals surface area contributed by atoms with E-state index in [9.17, 15) is 0 Å². The van der Waals surface area contributed by atoms with E-state index in [0.29, 0.717) is 5.82 Å². The Bertz CT molecular complexity index is 740. The number of pyridine rings is 1. The molecule has 0 radical (unpaired) electrons. The number of hydrogen-bond acceptors (Lipinski definition) is 4. The van der Waals surface area contributed by atoms with Gasteiger partial charge in [0.1, 0.15) is 5.82 Å². The molecule has 0 aliphatic rings. The number of anilines is 2. The van der Waals surface area contributed by atoms with Crippen molar-refractivity contribution in [3.63, 3.8) is 0 Å². The number of nitrogens with two attached hydrogens (primary N) is 1. The maximum Gasteiger partial charge on any atom is 0.131 e. The van der Waals surface area contributed by atoms with Gasteiger partial charge in [0.15, 0.2) is 0 Å². The first-order valence-corrected chi connectivity index (χ1v) is 7.46. The van der Waals surface area contributed by atoms with Crippen molar-refractivity contribution in [2.24, 2.45) is 0 Å². The Labute approximate surface area is 130 Å². The first kappa shape index (κ1) is 14.4. The van der Waals surface area contributed by atoms with Crippen LogP contribution in [-0.4, -0.2) is 18.1 Å². The van der Waals surface area contributed by atoms with Gasteiger partial charge in [-0.15, -0.1) is 0 Å². The number of para-hydroxylation sites is 1. The van der Waals surface area contributed by atoms with Gasteiger partial charge in [0, 0.05) is 36.9 Å². The van der Waals surface area contributed by atoms with Gasteiger partial charge in [-0.1, -0.05) is 30.3 Å². The van der Waals surface area contributed by atoms with E-state index in [0.717, 1.165) is 36.1 Å². The van der Waals surface area contributed by atoms with Gasteiger partial charge in [-0.3, -0.25) is 0 Å². The molecule has 112 valence electrons. The summed E-state index contributed by atoms with van der Waals surface area (Å²) in [7, 11) is 0. The van der Waals surface area contributed by atoms with Crippen LogP contribution in [0, 0.1) is 0 Å². The molecule has 0 saturated heterocycles. The summed E-state index contributed by atoms with van der Waals surface area (Å²) < 4.78 is 0. The summed E-state index contributed by atoms with van der Waals surface area (Å²) >= 11 is 0. The lowest BCUT2D eigenvalue weighted by Gasteiger charge is -2.09. The summed E-state index contributed by atoms with van der Waals surface area (Å²) in [6.07, 6.45) is 1.75. The van der Waals surface area contributed by atoms with Crippen molar-refractivity contribution in [2.75, 3.05) is 24.1 Å². The lowest BCUT2D eigenvalue weighted by Crippen LogP contribution is -2.21. The van der Waals surface area contributed by atoms with Gasteiger partial charge in [-0.2, -0.15) is 0 Å². The highest BCUT2D eigenvalue weighted by Crippen LogP contribution is 2.19. The molecule has 0 aliphatic heterocycles. The Morgan fingerprint density at radius 2 is 1.82 bits per heavy atom. The van der Waals surface area contributed by atoms with E-state index < -0.39 is 0 Å². The standard InChI is InChI=1S/C18H20N4/c19-18-17-7-6-14(12-15(17)8-9-22-18)13-20-10-11-21-16-4-2-1-3-5-16/h1-9,12,20-21H,10-11,13H2,(H2,19,22). The fourth-order valence-electron chi connectivity index (χ4n) is 2.44. The summed E-state index contributed by atoms with van der Waals surface area (Å²) in [6.45, 7) is 2.65. The van der Waals surface area contributed by atoms with Gasteiger partial charge in [0.25, 0.3) is 0 Å². The molecular weight excluding hydrogens is 272 g/mol. The number of benzene rings is 2. The fourth-order valence-corrected chi connectivity index (χ4v) is 2.44. The van der Waals surface area contributed by atoms with Crippen molar-refractivity contribution in [2.45, 2.75) is 6.54 Å². The van der Waals surface area contributed by atoms with Crippen LogP contribution in [0.15, 0.2) is 60.8 Å². The number of rotatable bonds is 6. The molecular formula is C18H20N4. The molecule has 0 amide bonds. The molecule has 4 nitrogen and oxygen atoms in total. The second-order valence-corrected chi connectivity index (χ2v) is 5.22. The maximum absolute atomic E-state index is 5.87. The first-order valence-electron chi connectivity index (χ1n) is 7.46. The Morgan fingerprint density at radius 1 is 0.955 bits per heavy atom. The number of fused-ring (bicyclic) bond motifs is 1. The number of nitrogens with one attached hydrogen (secondary N) is 2. The van der Waals surface area contributed by atoms with E-state index >= 15 is 0 Å². The van der Waals surface area contributed by atoms with E-state index in [4.69, 9.17) is 5.73 Å². The van der Waals surface area contributed by atoms with Crippen LogP contribution in [0.5, 0.6) is 0 Å². The zero-order valence-corrected chi connectivity index (χ0v) is 12.4. The van der Waals surface area contributed by atoms with Gasteiger partial charge in [-0.25, -0.2) is 4.98 Å². The van der Waals surface area contributed by atoms with Crippen molar-refractivity contribution in [1.29, 1.82) is 0 Å². The van der Waals surface area contributed by atoms with E-state index in [1.54, 1.807) is 6.20 Å². The molecule has 3 rings (SSSR count). The van der Waals surface area contributed by atoms with Crippen LogP contribution in [-0.2, 0) is 6.54 Å². The zero-order valence-electron chi connectivity index (χ0n) is 12.4. The largest absolute Gasteiger partial charge is 0.384 e. The van der Waals surface area contributed by atoms with Gasteiger partial charge in [-0.05, 0) is 35.2 Å². The summed E-state index contributed by atoms with van der Waals surface area (Å²) in [5, 5.41) is 8.97. The Morgan fingerprint density at radius 3 is 2.68 bits per heavy atom. The molecule has 4 N–H and O–H groups in total. The third-order valence-corrected chi connectivity index (χ3v) is 3.59. The van der Waals surface area contributed by atoms with Crippen molar-refractivity contribution in [1.82, 2.24) is 10.3 Å². The quantitative estimate of drug-likeness (QED) is 0.611. The topological polar surface area (TPSA) is 63.0 Å².